The number of aromatic hydroxyl groups is 1. The molecule has 0 aliphatic carbocycles. The van der Waals surface area contributed by atoms with Crippen LogP contribution in [0, 0.1) is 0 Å². The van der Waals surface area contributed by atoms with Gasteiger partial charge in [0.25, 0.3) is 0 Å². The Hall–Kier alpha value is -1.11. The molecule has 86 valence electrons. The molecule has 5 heteroatoms. The van der Waals surface area contributed by atoms with Gasteiger partial charge in [0.2, 0.25) is 5.91 Å². The van der Waals surface area contributed by atoms with Crippen LogP contribution < -0.4 is 0 Å². The Morgan fingerprint density at radius 1 is 1.38 bits per heavy atom. The van der Waals surface area contributed by atoms with Gasteiger partial charge >= 0.3 is 0 Å². The highest BCUT2D eigenvalue weighted by Crippen LogP contribution is 2.12. The van der Waals surface area contributed by atoms with Crippen molar-refractivity contribution in [3.63, 3.8) is 0 Å². The van der Waals surface area contributed by atoms with Crippen LogP contribution in [0.2, 0.25) is 0 Å². The molecule has 0 fully saturated rings. The number of aldehydes is 1. The lowest BCUT2D eigenvalue weighted by Crippen LogP contribution is -2.22. The van der Waals surface area contributed by atoms with E-state index in [4.69, 9.17) is 5.11 Å². The maximum absolute atomic E-state index is 11.5. The Kier molecular flexibility index (Phi) is 5.24. The van der Waals surface area contributed by atoms with E-state index in [9.17, 15) is 9.59 Å². The minimum Gasteiger partial charge on any atom is -0.508 e. The minimum absolute atomic E-state index is 0.0687. The number of amides is 1. The van der Waals surface area contributed by atoms with E-state index in [0.29, 0.717) is 19.1 Å². The maximum atomic E-state index is 11.5. The molecule has 1 amide bonds. The van der Waals surface area contributed by atoms with Crippen molar-refractivity contribution in [2.75, 3.05) is 6.54 Å². The molecule has 1 aromatic rings. The number of aryl methyl sites for hydroxylation is 1. The molecule has 0 spiro atoms. The van der Waals surface area contributed by atoms with Crippen LogP contribution in [0.15, 0.2) is 24.3 Å². The first-order valence-electron chi connectivity index (χ1n) is 4.81. The second-order valence-electron chi connectivity index (χ2n) is 3.27. The average molecular weight is 333 g/mol. The molecule has 0 bridgehead atoms. The zero-order valence-electron chi connectivity index (χ0n) is 8.60. The molecule has 0 aliphatic heterocycles. The Morgan fingerprint density at radius 3 is 2.56 bits per heavy atom. The first-order valence-corrected chi connectivity index (χ1v) is 5.77. The van der Waals surface area contributed by atoms with Gasteiger partial charge in [-0.05, 0) is 24.1 Å². The fourth-order valence-electron chi connectivity index (χ4n) is 1.20. The summed E-state index contributed by atoms with van der Waals surface area (Å²) in [6, 6.07) is 6.74. The highest BCUT2D eigenvalue weighted by atomic mass is 127. The first kappa shape index (κ1) is 13.0. The monoisotopic (exact) mass is 333 g/mol. The van der Waals surface area contributed by atoms with Crippen molar-refractivity contribution in [3.05, 3.63) is 29.8 Å². The van der Waals surface area contributed by atoms with E-state index < -0.39 is 0 Å². The molecule has 0 saturated carbocycles. The molecule has 0 aromatic heterocycles. The summed E-state index contributed by atoms with van der Waals surface area (Å²) in [7, 11) is 0. The van der Waals surface area contributed by atoms with E-state index in [1.165, 1.54) is 3.11 Å². The number of phenolic OH excluding ortho intramolecular Hbond substituents is 1. The molecule has 0 saturated heterocycles. The lowest BCUT2D eigenvalue weighted by molar-refractivity contribution is -0.126. The largest absolute Gasteiger partial charge is 0.508 e. The smallest absolute Gasteiger partial charge is 0.231 e. The average Bonchev–Trinajstić information content (AvgIpc) is 2.28. The lowest BCUT2D eigenvalue weighted by Gasteiger charge is -2.10. The molecule has 0 atom stereocenters. The number of halogens is 1. The second-order valence-corrected chi connectivity index (χ2v) is 4.44. The van der Waals surface area contributed by atoms with Gasteiger partial charge in [-0.15, -0.1) is 0 Å². The summed E-state index contributed by atoms with van der Waals surface area (Å²) >= 11 is 1.83. The molecule has 16 heavy (non-hydrogen) atoms. The topological polar surface area (TPSA) is 57.6 Å². The van der Waals surface area contributed by atoms with E-state index in [-0.39, 0.29) is 18.2 Å². The third kappa shape index (κ3) is 4.18. The number of carbonyl (C=O) groups excluding carboxylic acids is 2. The summed E-state index contributed by atoms with van der Waals surface area (Å²) in [6.45, 7) is 0.120. The van der Waals surface area contributed by atoms with Crippen LogP contribution in [0.4, 0.5) is 0 Å². The van der Waals surface area contributed by atoms with Crippen LogP contribution in [0.5, 0.6) is 5.75 Å². The van der Waals surface area contributed by atoms with Crippen molar-refractivity contribution in [1.82, 2.24) is 3.11 Å². The van der Waals surface area contributed by atoms with E-state index in [1.54, 1.807) is 24.3 Å². The molecule has 0 heterocycles. The summed E-state index contributed by atoms with van der Waals surface area (Å²) in [5.74, 6) is 0.146. The number of hydrogen-bond donors (Lipinski definition) is 1. The van der Waals surface area contributed by atoms with Crippen molar-refractivity contribution >= 4 is 35.1 Å². The second kappa shape index (κ2) is 6.47. The Labute approximate surface area is 108 Å². The molecule has 0 unspecified atom stereocenters. The van der Waals surface area contributed by atoms with Gasteiger partial charge in [-0.25, -0.2) is 0 Å². The molecular weight excluding hydrogens is 321 g/mol. The minimum atomic E-state index is -0.0687. The Morgan fingerprint density at radius 2 is 2.00 bits per heavy atom. The third-order valence-corrected chi connectivity index (χ3v) is 3.00. The van der Waals surface area contributed by atoms with Crippen molar-refractivity contribution < 1.29 is 14.7 Å². The molecule has 1 rings (SSSR count). The summed E-state index contributed by atoms with van der Waals surface area (Å²) in [5.41, 5.74) is 0.988. The number of benzene rings is 1. The van der Waals surface area contributed by atoms with Gasteiger partial charge in [0.15, 0.2) is 0 Å². The zero-order chi connectivity index (χ0) is 12.0. The summed E-state index contributed by atoms with van der Waals surface area (Å²) in [6.07, 6.45) is 1.67. The predicted octanol–water partition coefficient (Wildman–Crippen LogP) is 1.70. The van der Waals surface area contributed by atoms with Crippen LogP contribution in [0.3, 0.4) is 0 Å². The Balaban J connectivity index is 2.42. The Bertz CT molecular complexity index is 364. The molecular formula is C11H12INO3. The molecule has 0 radical (unpaired) electrons. The maximum Gasteiger partial charge on any atom is 0.231 e. The quantitative estimate of drug-likeness (QED) is 0.507. The van der Waals surface area contributed by atoms with E-state index in [2.05, 4.69) is 0 Å². The van der Waals surface area contributed by atoms with Gasteiger partial charge in [-0.1, -0.05) is 12.1 Å². The highest BCUT2D eigenvalue weighted by molar-refractivity contribution is 14.1. The molecule has 1 aromatic carbocycles. The predicted molar refractivity (Wildman–Crippen MR) is 68.2 cm³/mol. The molecule has 0 aliphatic rings. The van der Waals surface area contributed by atoms with Gasteiger partial charge in [0, 0.05) is 6.42 Å². The number of hydrogen-bond acceptors (Lipinski definition) is 3. The number of rotatable bonds is 5. The first-order chi connectivity index (χ1) is 7.63. The van der Waals surface area contributed by atoms with Crippen molar-refractivity contribution in [1.29, 1.82) is 0 Å². The normalized spacial score (nSPS) is 9.81. The van der Waals surface area contributed by atoms with Crippen LogP contribution in [-0.2, 0) is 16.0 Å². The van der Waals surface area contributed by atoms with Crippen LogP contribution in [0.1, 0.15) is 12.0 Å². The van der Waals surface area contributed by atoms with Crippen LogP contribution in [-0.4, -0.2) is 27.0 Å². The van der Waals surface area contributed by atoms with Crippen LogP contribution >= 0.6 is 22.9 Å². The SMILES string of the molecule is O=CCN(I)C(=O)CCc1ccc(O)cc1. The fourth-order valence-corrected chi connectivity index (χ4v) is 1.60. The van der Waals surface area contributed by atoms with Crippen molar-refractivity contribution in [2.24, 2.45) is 0 Å². The van der Waals surface area contributed by atoms with Gasteiger partial charge < -0.3 is 9.90 Å². The summed E-state index contributed by atoms with van der Waals surface area (Å²) in [4.78, 5) is 21.7. The van der Waals surface area contributed by atoms with E-state index >= 15 is 0 Å². The molecule has 1 N–H and O–H groups in total. The zero-order valence-corrected chi connectivity index (χ0v) is 10.8. The fraction of sp³-hybridized carbons (Fsp3) is 0.273. The molecule has 4 nitrogen and oxygen atoms in total. The number of carbonyl (C=O) groups is 2. The number of nitrogens with zero attached hydrogens (tertiary/aromatic N) is 1. The van der Waals surface area contributed by atoms with Gasteiger partial charge in [-0.2, -0.15) is 0 Å². The summed E-state index contributed by atoms with van der Waals surface area (Å²) < 4.78 is 1.37. The summed E-state index contributed by atoms with van der Waals surface area (Å²) in [5, 5.41) is 9.08. The van der Waals surface area contributed by atoms with Crippen LogP contribution in [0.25, 0.3) is 0 Å². The van der Waals surface area contributed by atoms with Gasteiger partial charge in [-0.3, -0.25) is 7.91 Å². The third-order valence-electron chi connectivity index (χ3n) is 2.07. The van der Waals surface area contributed by atoms with Gasteiger partial charge in [0.05, 0.1) is 29.4 Å². The van der Waals surface area contributed by atoms with Crippen molar-refractivity contribution in [2.45, 2.75) is 12.8 Å². The lowest BCUT2D eigenvalue weighted by atomic mass is 10.1. The number of phenols is 1. The van der Waals surface area contributed by atoms with Crippen molar-refractivity contribution in [3.8, 4) is 5.75 Å². The van der Waals surface area contributed by atoms with E-state index in [1.807, 2.05) is 22.9 Å². The van der Waals surface area contributed by atoms with E-state index in [0.717, 1.165) is 5.56 Å². The van der Waals surface area contributed by atoms with Gasteiger partial charge in [0.1, 0.15) is 12.0 Å². The standard InChI is InChI=1S/C11H12INO3/c12-13(7-8-14)11(16)6-3-9-1-4-10(15)5-2-9/h1-2,4-5,8,15H,3,6-7H2. The highest BCUT2D eigenvalue weighted by Gasteiger charge is 2.09.